The van der Waals surface area contributed by atoms with Gasteiger partial charge in [-0.1, -0.05) is 23.7 Å². The molecule has 0 saturated heterocycles. The zero-order valence-corrected chi connectivity index (χ0v) is 11.1. The van der Waals surface area contributed by atoms with Crippen LogP contribution in [0.5, 0.6) is 0 Å². The molecule has 0 aliphatic rings. The van der Waals surface area contributed by atoms with Crippen LogP contribution in [0.2, 0.25) is 5.02 Å². The van der Waals surface area contributed by atoms with Crippen LogP contribution in [0.1, 0.15) is 30.1 Å². The molecule has 5 heteroatoms. The van der Waals surface area contributed by atoms with Gasteiger partial charge in [-0.05, 0) is 37.1 Å². The number of aryl methyl sites for hydroxylation is 1. The quantitative estimate of drug-likeness (QED) is 0.777. The molecule has 3 nitrogen and oxygen atoms in total. The Labute approximate surface area is 110 Å². The average Bonchev–Trinajstić information content (AvgIpc) is 2.76. The van der Waals surface area contributed by atoms with Crippen molar-refractivity contribution in [2.24, 2.45) is 0 Å². The third-order valence-corrected chi connectivity index (χ3v) is 3.09. The highest BCUT2D eigenvalue weighted by atomic mass is 35.5. The van der Waals surface area contributed by atoms with Crippen LogP contribution in [0.15, 0.2) is 22.7 Å². The molecule has 0 aliphatic heterocycles. The van der Waals surface area contributed by atoms with Crippen molar-refractivity contribution < 1.29 is 4.52 Å². The van der Waals surface area contributed by atoms with Gasteiger partial charge in [0, 0.05) is 10.6 Å². The number of nitrogens with zero attached hydrogens (tertiary/aromatic N) is 2. The highest BCUT2D eigenvalue weighted by molar-refractivity contribution is 6.30. The predicted molar refractivity (Wildman–Crippen MR) is 68.4 cm³/mol. The number of halogens is 2. The lowest BCUT2D eigenvalue weighted by molar-refractivity contribution is 0.421. The van der Waals surface area contributed by atoms with Gasteiger partial charge in [-0.3, -0.25) is 0 Å². The predicted octanol–water partition coefficient (Wildman–Crippen LogP) is 4.39. The van der Waals surface area contributed by atoms with Crippen LogP contribution in [-0.2, 0) is 0 Å². The Morgan fingerprint density at radius 2 is 2.12 bits per heavy atom. The molecule has 0 N–H and O–H groups in total. The molecule has 1 atom stereocenters. The summed E-state index contributed by atoms with van der Waals surface area (Å²) in [6, 6.07) is 5.61. The van der Waals surface area contributed by atoms with Crippen LogP contribution in [0.25, 0.3) is 11.5 Å². The highest BCUT2D eigenvalue weighted by Crippen LogP contribution is 2.26. The molecule has 1 aromatic heterocycles. The molecule has 1 aromatic carbocycles. The van der Waals surface area contributed by atoms with Gasteiger partial charge in [-0.25, -0.2) is 0 Å². The molecule has 0 aliphatic carbocycles. The van der Waals surface area contributed by atoms with E-state index >= 15 is 0 Å². The number of aromatic nitrogens is 2. The Hall–Kier alpha value is -1.06. The summed E-state index contributed by atoms with van der Waals surface area (Å²) in [6.45, 7) is 3.93. The molecule has 17 heavy (non-hydrogen) atoms. The van der Waals surface area contributed by atoms with Crippen molar-refractivity contribution in [3.05, 3.63) is 34.6 Å². The normalized spacial score (nSPS) is 12.7. The zero-order valence-electron chi connectivity index (χ0n) is 9.58. The van der Waals surface area contributed by atoms with Crippen molar-refractivity contribution in [1.82, 2.24) is 10.1 Å². The van der Waals surface area contributed by atoms with E-state index in [1.54, 1.807) is 6.07 Å². The maximum Gasteiger partial charge on any atom is 0.258 e. The molecule has 1 heterocycles. The fourth-order valence-corrected chi connectivity index (χ4v) is 1.90. The highest BCUT2D eigenvalue weighted by Gasteiger charge is 2.15. The molecular formula is C12H12Cl2N2O. The van der Waals surface area contributed by atoms with Crippen LogP contribution >= 0.6 is 23.2 Å². The fourth-order valence-electron chi connectivity index (χ4n) is 1.52. The molecule has 0 radical (unpaired) electrons. The molecule has 2 rings (SSSR count). The van der Waals surface area contributed by atoms with Gasteiger partial charge in [0.05, 0.1) is 5.38 Å². The minimum atomic E-state index is -0.215. The average molecular weight is 271 g/mol. The minimum absolute atomic E-state index is 0.215. The first kappa shape index (κ1) is 12.4. The van der Waals surface area contributed by atoms with Crippen LogP contribution in [0.4, 0.5) is 0 Å². The minimum Gasteiger partial charge on any atom is -0.334 e. The Kier molecular flexibility index (Phi) is 3.69. The number of hydrogen-bond acceptors (Lipinski definition) is 3. The monoisotopic (exact) mass is 270 g/mol. The molecule has 0 spiro atoms. The summed E-state index contributed by atoms with van der Waals surface area (Å²) in [5, 5.41) is 4.30. The van der Waals surface area contributed by atoms with Crippen molar-refractivity contribution in [2.75, 3.05) is 0 Å². The van der Waals surface area contributed by atoms with Crippen molar-refractivity contribution >= 4 is 23.2 Å². The molecule has 1 unspecified atom stereocenters. The van der Waals surface area contributed by atoms with E-state index in [4.69, 9.17) is 27.7 Å². The summed E-state index contributed by atoms with van der Waals surface area (Å²) in [7, 11) is 0. The van der Waals surface area contributed by atoms with Crippen molar-refractivity contribution in [2.45, 2.75) is 25.6 Å². The number of benzene rings is 1. The van der Waals surface area contributed by atoms with E-state index in [9.17, 15) is 0 Å². The molecule has 0 saturated carbocycles. The summed E-state index contributed by atoms with van der Waals surface area (Å²) in [4.78, 5) is 4.27. The SMILES string of the molecule is CCC(Cl)c1noc(-c2cc(C)cc(Cl)c2)n1. The van der Waals surface area contributed by atoms with Crippen LogP contribution in [0.3, 0.4) is 0 Å². The van der Waals surface area contributed by atoms with E-state index in [-0.39, 0.29) is 5.38 Å². The largest absolute Gasteiger partial charge is 0.334 e. The second-order valence-electron chi connectivity index (χ2n) is 3.85. The number of hydrogen-bond donors (Lipinski definition) is 0. The first-order chi connectivity index (χ1) is 8.10. The second kappa shape index (κ2) is 5.07. The lowest BCUT2D eigenvalue weighted by Gasteiger charge is -1.99. The fraction of sp³-hybridized carbons (Fsp3) is 0.333. The first-order valence-corrected chi connectivity index (χ1v) is 6.17. The second-order valence-corrected chi connectivity index (χ2v) is 4.81. The molecule has 0 fully saturated rings. The van der Waals surface area contributed by atoms with E-state index in [0.717, 1.165) is 17.5 Å². The van der Waals surface area contributed by atoms with Gasteiger partial charge < -0.3 is 4.52 Å². The van der Waals surface area contributed by atoms with Gasteiger partial charge in [-0.15, -0.1) is 11.6 Å². The van der Waals surface area contributed by atoms with Gasteiger partial charge in [0.1, 0.15) is 0 Å². The van der Waals surface area contributed by atoms with Gasteiger partial charge in [0.15, 0.2) is 5.82 Å². The molecule has 0 amide bonds. The van der Waals surface area contributed by atoms with Gasteiger partial charge in [-0.2, -0.15) is 4.98 Å². The van der Waals surface area contributed by atoms with Crippen molar-refractivity contribution in [3.63, 3.8) is 0 Å². The summed E-state index contributed by atoms with van der Waals surface area (Å²) in [5.41, 5.74) is 1.86. The summed E-state index contributed by atoms with van der Waals surface area (Å²) in [6.07, 6.45) is 0.759. The van der Waals surface area contributed by atoms with Gasteiger partial charge in [0.25, 0.3) is 5.89 Å². The van der Waals surface area contributed by atoms with E-state index in [2.05, 4.69) is 10.1 Å². The van der Waals surface area contributed by atoms with Crippen LogP contribution in [-0.4, -0.2) is 10.1 Å². The number of alkyl halides is 1. The van der Waals surface area contributed by atoms with Crippen LogP contribution < -0.4 is 0 Å². The zero-order chi connectivity index (χ0) is 12.4. The van der Waals surface area contributed by atoms with E-state index in [1.807, 2.05) is 26.0 Å². The Morgan fingerprint density at radius 3 is 2.76 bits per heavy atom. The van der Waals surface area contributed by atoms with Gasteiger partial charge >= 0.3 is 0 Å². The lowest BCUT2D eigenvalue weighted by Crippen LogP contribution is -1.90. The Morgan fingerprint density at radius 1 is 1.35 bits per heavy atom. The van der Waals surface area contributed by atoms with Crippen molar-refractivity contribution in [3.8, 4) is 11.5 Å². The standard InChI is InChI=1S/C12H12Cl2N2O/c1-3-10(14)11-15-12(17-16-11)8-4-7(2)5-9(13)6-8/h4-6,10H,3H2,1-2H3. The summed E-state index contributed by atoms with van der Waals surface area (Å²) < 4.78 is 5.18. The third kappa shape index (κ3) is 2.79. The molecule has 90 valence electrons. The third-order valence-electron chi connectivity index (χ3n) is 2.37. The maximum atomic E-state index is 6.04. The van der Waals surface area contributed by atoms with E-state index in [0.29, 0.717) is 16.7 Å². The maximum absolute atomic E-state index is 6.04. The summed E-state index contributed by atoms with van der Waals surface area (Å²) in [5.74, 6) is 0.964. The Bertz CT molecular complexity index is 505. The van der Waals surface area contributed by atoms with Gasteiger partial charge in [0.2, 0.25) is 0 Å². The smallest absolute Gasteiger partial charge is 0.258 e. The molecule has 0 bridgehead atoms. The van der Waals surface area contributed by atoms with Crippen molar-refractivity contribution in [1.29, 1.82) is 0 Å². The first-order valence-electron chi connectivity index (χ1n) is 5.35. The summed E-state index contributed by atoms with van der Waals surface area (Å²) >= 11 is 12.0. The lowest BCUT2D eigenvalue weighted by atomic mass is 10.1. The number of rotatable bonds is 3. The van der Waals surface area contributed by atoms with E-state index < -0.39 is 0 Å². The molecule has 2 aromatic rings. The topological polar surface area (TPSA) is 38.9 Å². The van der Waals surface area contributed by atoms with E-state index in [1.165, 1.54) is 0 Å². The Balaban J connectivity index is 2.36. The van der Waals surface area contributed by atoms with Crippen LogP contribution in [0, 0.1) is 6.92 Å². The molecular weight excluding hydrogens is 259 g/mol.